The van der Waals surface area contributed by atoms with E-state index in [9.17, 15) is 19.2 Å². The Morgan fingerprint density at radius 3 is 2.08 bits per heavy atom. The summed E-state index contributed by atoms with van der Waals surface area (Å²) in [6.45, 7) is 17.8. The molecule has 76 heavy (non-hydrogen) atoms. The zero-order chi connectivity index (χ0) is 55.2. The summed E-state index contributed by atoms with van der Waals surface area (Å²) in [7, 11) is 4.53. The summed E-state index contributed by atoms with van der Waals surface area (Å²) in [6, 6.07) is 5.62. The molecule has 1 saturated carbocycles. The maximum Gasteiger partial charge on any atom is 0.316 e. The molecular weight excluding hydrogens is 965 g/mol. The fraction of sp³-hybridized carbons (Fsp3) is 0.569. The molecule has 410 valence electrons. The first kappa shape index (κ1) is 56.9. The second kappa shape index (κ2) is 24.4. The number of para-hydroxylation sites is 1. The molecule has 2 aromatic heterocycles. The lowest BCUT2D eigenvalue weighted by Crippen LogP contribution is -2.62. The van der Waals surface area contributed by atoms with Crippen LogP contribution in [0.25, 0.3) is 21.8 Å². The molecule has 2 aromatic carbocycles. The lowest BCUT2D eigenvalue weighted by Gasteiger charge is -2.41. The van der Waals surface area contributed by atoms with Crippen molar-refractivity contribution in [2.75, 3.05) is 27.7 Å². The van der Waals surface area contributed by atoms with Crippen LogP contribution in [0.1, 0.15) is 117 Å². The van der Waals surface area contributed by atoms with E-state index in [2.05, 4.69) is 42.4 Å². The minimum atomic E-state index is -1.26. The van der Waals surface area contributed by atoms with Crippen LogP contribution in [0.4, 0.5) is 0 Å². The van der Waals surface area contributed by atoms with E-state index in [1.54, 1.807) is 18.3 Å². The SMILES string of the molecule is C=CC(C)(C)n1cc(C[C@@H]2NC(=O)[C@H](CC3CCCC3)NC(=O)[C@H](CC(C)C)N3CCC[C@@H](C3=O)N(C)C(=O)[C@H](C)NC(=O)[C@H](Cc3ccc4nc(OC)ncc4c3)NC(=O)[C@H](CC(C)C)N(C)C2=O)c2ccccc21. The van der Waals surface area contributed by atoms with Gasteiger partial charge >= 0.3 is 6.01 Å². The van der Waals surface area contributed by atoms with E-state index in [1.807, 2.05) is 84.1 Å². The van der Waals surface area contributed by atoms with Gasteiger partial charge in [-0.05, 0) is 100.0 Å². The highest BCUT2D eigenvalue weighted by Crippen LogP contribution is 2.32. The Hall–Kier alpha value is -6.85. The van der Waals surface area contributed by atoms with Crippen molar-refractivity contribution in [3.63, 3.8) is 0 Å². The van der Waals surface area contributed by atoms with Crippen molar-refractivity contribution in [1.29, 1.82) is 0 Å². The number of aromatic nitrogens is 3. The standard InChI is InChI=1S/C58H80N10O8/c1-12-58(7,8)68-33-40(41-20-15-16-21-46(41)68)31-45-55(74)66(10)48(26-34(2)3)52(71)61-44(30-38-23-24-42-39(28-38)32-59-57(64-42)76-11)50(69)60-36(6)54(73)65(9)47-22-17-25-67(56(47)75)49(27-35(4)5)53(72)62-43(51(70)63-45)29-37-18-13-14-19-37/h12,15-16,20-21,23-24,28,32-37,43-45,47-49H,1,13-14,17-19,22,25-27,29-31H2,2-11H3,(H,60,69)(H,61,71)(H,62,72)(H,63,70)/t36-,43-,44-,45-,47-,48-,49-/m0/s1. The number of amides is 7. The molecule has 3 fully saturated rings. The van der Waals surface area contributed by atoms with Crippen LogP contribution in [0.3, 0.4) is 0 Å². The molecule has 2 bridgehead atoms. The summed E-state index contributed by atoms with van der Waals surface area (Å²) in [4.78, 5) is 117. The Balaban J connectivity index is 1.34. The number of fused-ring (bicyclic) bond motifs is 4. The third-order valence-electron chi connectivity index (χ3n) is 15.7. The number of rotatable bonds is 13. The average molecular weight is 1050 g/mol. The molecule has 2 aliphatic heterocycles. The molecule has 4 N–H and O–H groups in total. The first-order valence-electron chi connectivity index (χ1n) is 27.2. The van der Waals surface area contributed by atoms with E-state index >= 15 is 14.4 Å². The Morgan fingerprint density at radius 2 is 1.39 bits per heavy atom. The summed E-state index contributed by atoms with van der Waals surface area (Å²) < 4.78 is 7.31. The lowest BCUT2D eigenvalue weighted by atomic mass is 9.94. The fourth-order valence-electron chi connectivity index (χ4n) is 11.3. The van der Waals surface area contributed by atoms with Gasteiger partial charge in [-0.15, -0.1) is 6.58 Å². The summed E-state index contributed by atoms with van der Waals surface area (Å²) in [5.74, 6) is -3.85. The number of likely N-dealkylation sites (N-methyl/N-ethyl adjacent to an activating group) is 2. The molecular formula is C58H80N10O8. The van der Waals surface area contributed by atoms with Crippen molar-refractivity contribution in [2.24, 2.45) is 17.8 Å². The predicted molar refractivity (Wildman–Crippen MR) is 292 cm³/mol. The molecule has 0 unspecified atom stereocenters. The van der Waals surface area contributed by atoms with Crippen LogP contribution in [0.2, 0.25) is 0 Å². The van der Waals surface area contributed by atoms with Gasteiger partial charge in [-0.3, -0.25) is 33.6 Å². The molecule has 2 saturated heterocycles. The van der Waals surface area contributed by atoms with Gasteiger partial charge in [0.1, 0.15) is 42.3 Å². The van der Waals surface area contributed by atoms with Crippen LogP contribution in [-0.4, -0.2) is 141 Å². The van der Waals surface area contributed by atoms with E-state index in [4.69, 9.17) is 4.74 Å². The van der Waals surface area contributed by atoms with Crippen LogP contribution in [0, 0.1) is 17.8 Å². The van der Waals surface area contributed by atoms with Crippen LogP contribution in [0.15, 0.2) is 67.5 Å². The van der Waals surface area contributed by atoms with Crippen molar-refractivity contribution < 1.29 is 38.3 Å². The van der Waals surface area contributed by atoms with Gasteiger partial charge < -0.3 is 45.3 Å². The number of piperidine rings is 1. The van der Waals surface area contributed by atoms with Gasteiger partial charge in [0.25, 0.3) is 0 Å². The molecule has 18 heteroatoms. The van der Waals surface area contributed by atoms with Crippen molar-refractivity contribution >= 4 is 63.2 Å². The average Bonchev–Trinajstić information content (AvgIpc) is 4.06. The van der Waals surface area contributed by atoms with Crippen molar-refractivity contribution in [2.45, 2.75) is 167 Å². The normalized spacial score (nSPS) is 24.4. The van der Waals surface area contributed by atoms with Gasteiger partial charge in [-0.1, -0.05) is 83.7 Å². The predicted octanol–water partition coefficient (Wildman–Crippen LogP) is 5.59. The van der Waals surface area contributed by atoms with Crippen molar-refractivity contribution in [3.8, 4) is 6.01 Å². The van der Waals surface area contributed by atoms with Crippen LogP contribution >= 0.6 is 0 Å². The Kier molecular flexibility index (Phi) is 18.3. The highest BCUT2D eigenvalue weighted by atomic mass is 16.5. The number of nitrogens with zero attached hydrogens (tertiary/aromatic N) is 6. The van der Waals surface area contributed by atoms with E-state index in [0.717, 1.165) is 42.1 Å². The van der Waals surface area contributed by atoms with Crippen molar-refractivity contribution in [1.82, 2.24) is 50.5 Å². The molecule has 7 amide bonds. The van der Waals surface area contributed by atoms with Gasteiger partial charge in [0, 0.05) is 62.2 Å². The van der Waals surface area contributed by atoms with Crippen molar-refractivity contribution in [3.05, 3.63) is 78.6 Å². The zero-order valence-electron chi connectivity index (χ0n) is 46.2. The molecule has 7 atom stereocenters. The topological polar surface area (TPSA) is 217 Å². The smallest absolute Gasteiger partial charge is 0.316 e. The maximum atomic E-state index is 15.5. The third-order valence-corrected chi connectivity index (χ3v) is 15.7. The molecule has 0 radical (unpaired) electrons. The van der Waals surface area contributed by atoms with Gasteiger partial charge in [0.15, 0.2) is 0 Å². The number of benzene rings is 2. The monoisotopic (exact) mass is 1040 g/mol. The summed E-state index contributed by atoms with van der Waals surface area (Å²) in [5, 5.41) is 13.6. The fourth-order valence-corrected chi connectivity index (χ4v) is 11.3. The number of allylic oxidation sites excluding steroid dienone is 1. The molecule has 4 aromatic rings. The minimum Gasteiger partial charge on any atom is -0.467 e. The number of ether oxygens (including phenoxy) is 1. The second-order valence-electron chi connectivity index (χ2n) is 22.7. The van der Waals surface area contributed by atoms with Crippen LogP contribution in [0.5, 0.6) is 6.01 Å². The molecule has 4 heterocycles. The first-order chi connectivity index (χ1) is 36.1. The van der Waals surface area contributed by atoms with E-state index in [1.165, 1.54) is 42.8 Å². The number of nitrogens with one attached hydrogen (secondary N) is 4. The molecule has 3 aliphatic rings. The minimum absolute atomic E-state index is 0.0249. The number of hydrogen-bond donors (Lipinski definition) is 4. The van der Waals surface area contributed by atoms with Gasteiger partial charge in [-0.25, -0.2) is 4.98 Å². The maximum absolute atomic E-state index is 15.5. The molecule has 7 rings (SSSR count). The molecule has 18 nitrogen and oxygen atoms in total. The Morgan fingerprint density at radius 1 is 0.750 bits per heavy atom. The number of carbonyl (C=O) groups is 7. The Labute approximate surface area is 447 Å². The van der Waals surface area contributed by atoms with Gasteiger partial charge in [0.2, 0.25) is 41.4 Å². The summed E-state index contributed by atoms with van der Waals surface area (Å²) in [6.07, 6.45) is 10.8. The highest BCUT2D eigenvalue weighted by molar-refractivity contribution is 5.99. The number of methoxy groups -OCH3 is 1. The van der Waals surface area contributed by atoms with Crippen LogP contribution < -0.4 is 26.0 Å². The molecule has 1 aliphatic carbocycles. The lowest BCUT2D eigenvalue weighted by molar-refractivity contribution is -0.153. The van der Waals surface area contributed by atoms with E-state index < -0.39 is 89.2 Å². The van der Waals surface area contributed by atoms with E-state index in [-0.39, 0.29) is 49.6 Å². The first-order valence-corrected chi connectivity index (χ1v) is 27.2. The summed E-state index contributed by atoms with van der Waals surface area (Å²) >= 11 is 0. The highest BCUT2D eigenvalue weighted by Gasteiger charge is 2.43. The van der Waals surface area contributed by atoms with Gasteiger partial charge in [0.05, 0.1) is 18.2 Å². The Bertz CT molecular complexity index is 2800. The third kappa shape index (κ3) is 13.0. The zero-order valence-corrected chi connectivity index (χ0v) is 46.2. The van der Waals surface area contributed by atoms with Crippen LogP contribution in [-0.2, 0) is 51.9 Å². The largest absolute Gasteiger partial charge is 0.467 e. The number of hydrogen-bond acceptors (Lipinski definition) is 10. The van der Waals surface area contributed by atoms with Gasteiger partial charge in [-0.2, -0.15) is 4.98 Å². The van der Waals surface area contributed by atoms with E-state index in [0.29, 0.717) is 42.1 Å². The molecule has 0 spiro atoms. The second-order valence-corrected chi connectivity index (χ2v) is 22.7. The quantitative estimate of drug-likeness (QED) is 0.122. The number of carbonyl (C=O) groups excluding carboxylic acids is 7. The summed E-state index contributed by atoms with van der Waals surface area (Å²) in [5.41, 5.74) is 2.38.